The van der Waals surface area contributed by atoms with Crippen molar-refractivity contribution in [1.82, 2.24) is 19.8 Å². The zero-order valence-corrected chi connectivity index (χ0v) is 15.6. The van der Waals surface area contributed by atoms with E-state index in [0.29, 0.717) is 6.54 Å². The molecule has 2 heterocycles. The molecule has 0 saturated heterocycles. The zero-order valence-electron chi connectivity index (χ0n) is 15.6. The highest BCUT2D eigenvalue weighted by molar-refractivity contribution is 5.76. The molecule has 0 saturated carbocycles. The summed E-state index contributed by atoms with van der Waals surface area (Å²) in [5.41, 5.74) is 2.07. The van der Waals surface area contributed by atoms with Crippen LogP contribution in [0.3, 0.4) is 0 Å². The number of urea groups is 1. The zero-order chi connectivity index (χ0) is 18.5. The third-order valence-corrected chi connectivity index (χ3v) is 4.55. The predicted molar refractivity (Wildman–Crippen MR) is 102 cm³/mol. The van der Waals surface area contributed by atoms with E-state index in [0.717, 1.165) is 42.0 Å². The number of benzene rings is 1. The van der Waals surface area contributed by atoms with Crippen LogP contribution in [0.15, 0.2) is 47.1 Å². The van der Waals surface area contributed by atoms with Crippen molar-refractivity contribution in [2.24, 2.45) is 0 Å². The summed E-state index contributed by atoms with van der Waals surface area (Å²) in [5.74, 6) is 1.84. The van der Waals surface area contributed by atoms with Crippen LogP contribution in [0.1, 0.15) is 31.9 Å². The maximum absolute atomic E-state index is 12.5. The molecule has 0 aliphatic rings. The van der Waals surface area contributed by atoms with Gasteiger partial charge in [-0.2, -0.15) is 0 Å². The number of carbonyl (C=O) groups is 1. The minimum absolute atomic E-state index is 0.0695. The number of para-hydroxylation sites is 2. The molecule has 3 aromatic rings. The van der Waals surface area contributed by atoms with E-state index in [1.807, 2.05) is 37.3 Å². The molecule has 1 N–H and O–H groups in total. The van der Waals surface area contributed by atoms with Crippen LogP contribution in [0.2, 0.25) is 0 Å². The first-order valence-corrected chi connectivity index (χ1v) is 9.06. The summed E-state index contributed by atoms with van der Waals surface area (Å²) in [6.45, 7) is 5.40. The molecule has 0 aliphatic carbocycles. The van der Waals surface area contributed by atoms with Gasteiger partial charge in [0.25, 0.3) is 0 Å². The van der Waals surface area contributed by atoms with Crippen molar-refractivity contribution in [3.63, 3.8) is 0 Å². The van der Waals surface area contributed by atoms with Gasteiger partial charge in [-0.1, -0.05) is 12.1 Å². The molecule has 6 heteroatoms. The van der Waals surface area contributed by atoms with E-state index in [1.54, 1.807) is 18.2 Å². The number of hydrogen-bond donors (Lipinski definition) is 1. The molecule has 0 bridgehead atoms. The number of carbonyl (C=O) groups excluding carboxylic acids is 1. The summed E-state index contributed by atoms with van der Waals surface area (Å²) in [5, 5.41) is 3.04. The summed E-state index contributed by atoms with van der Waals surface area (Å²) >= 11 is 0. The van der Waals surface area contributed by atoms with E-state index in [-0.39, 0.29) is 12.1 Å². The van der Waals surface area contributed by atoms with Gasteiger partial charge in [0.15, 0.2) is 0 Å². The molecule has 2 amide bonds. The quantitative estimate of drug-likeness (QED) is 0.702. The number of hydrogen-bond acceptors (Lipinski definition) is 3. The van der Waals surface area contributed by atoms with E-state index in [9.17, 15) is 4.79 Å². The molecule has 6 nitrogen and oxygen atoms in total. The number of aryl methyl sites for hydroxylation is 2. The number of imidazole rings is 1. The number of fused-ring (bicyclic) bond motifs is 1. The second-order valence-electron chi connectivity index (χ2n) is 6.59. The average Bonchev–Trinajstić information content (AvgIpc) is 3.26. The van der Waals surface area contributed by atoms with Crippen LogP contribution in [0.25, 0.3) is 11.0 Å². The van der Waals surface area contributed by atoms with Gasteiger partial charge in [-0.25, -0.2) is 9.78 Å². The monoisotopic (exact) mass is 354 g/mol. The van der Waals surface area contributed by atoms with E-state index >= 15 is 0 Å². The SMILES string of the molecule is CCn1c(CN(C)C(=O)N[C@H](C)CCc2ccco2)nc2ccccc21. The topological polar surface area (TPSA) is 63.3 Å². The molecule has 0 fully saturated rings. The normalized spacial score (nSPS) is 12.3. The van der Waals surface area contributed by atoms with Gasteiger partial charge >= 0.3 is 6.03 Å². The van der Waals surface area contributed by atoms with Crippen molar-refractivity contribution in [3.8, 4) is 0 Å². The Kier molecular flexibility index (Phi) is 5.61. The predicted octanol–water partition coefficient (Wildman–Crippen LogP) is 3.81. The molecular weight excluding hydrogens is 328 g/mol. The maximum atomic E-state index is 12.5. The molecule has 2 aromatic heterocycles. The van der Waals surface area contributed by atoms with Crippen LogP contribution in [0.5, 0.6) is 0 Å². The van der Waals surface area contributed by atoms with E-state index < -0.39 is 0 Å². The third kappa shape index (κ3) is 4.07. The molecule has 0 aliphatic heterocycles. The summed E-state index contributed by atoms with van der Waals surface area (Å²) in [4.78, 5) is 18.8. The Morgan fingerprint density at radius 2 is 2.12 bits per heavy atom. The molecule has 138 valence electrons. The molecule has 1 aromatic carbocycles. The second-order valence-corrected chi connectivity index (χ2v) is 6.59. The number of amides is 2. The number of rotatable bonds is 7. The molecular formula is C20H26N4O2. The fourth-order valence-corrected chi connectivity index (χ4v) is 3.09. The minimum atomic E-state index is -0.0911. The van der Waals surface area contributed by atoms with Crippen LogP contribution < -0.4 is 5.32 Å². The van der Waals surface area contributed by atoms with Gasteiger partial charge in [0.2, 0.25) is 0 Å². The van der Waals surface area contributed by atoms with Crippen LogP contribution in [0.4, 0.5) is 4.79 Å². The Labute approximate surface area is 153 Å². The highest BCUT2D eigenvalue weighted by Crippen LogP contribution is 2.17. The highest BCUT2D eigenvalue weighted by Gasteiger charge is 2.16. The van der Waals surface area contributed by atoms with Crippen LogP contribution in [-0.4, -0.2) is 33.6 Å². The number of furan rings is 1. The summed E-state index contributed by atoms with van der Waals surface area (Å²) in [7, 11) is 1.80. The molecule has 0 radical (unpaired) electrons. The fraction of sp³-hybridized carbons (Fsp3) is 0.400. The van der Waals surface area contributed by atoms with Crippen LogP contribution in [-0.2, 0) is 19.5 Å². The molecule has 0 unspecified atom stereocenters. The van der Waals surface area contributed by atoms with Gasteiger partial charge < -0.3 is 19.2 Å². The van der Waals surface area contributed by atoms with E-state index in [4.69, 9.17) is 4.42 Å². The van der Waals surface area contributed by atoms with Gasteiger partial charge in [-0.15, -0.1) is 0 Å². The van der Waals surface area contributed by atoms with Crippen LogP contribution in [0, 0.1) is 0 Å². The largest absolute Gasteiger partial charge is 0.469 e. The van der Waals surface area contributed by atoms with Gasteiger partial charge in [0, 0.05) is 26.1 Å². The Balaban J connectivity index is 1.58. The third-order valence-electron chi connectivity index (χ3n) is 4.55. The first kappa shape index (κ1) is 18.0. The summed E-state index contributed by atoms with van der Waals surface area (Å²) in [6.07, 6.45) is 3.32. The lowest BCUT2D eigenvalue weighted by molar-refractivity contribution is 0.201. The molecule has 26 heavy (non-hydrogen) atoms. The number of nitrogens with zero attached hydrogens (tertiary/aromatic N) is 3. The van der Waals surface area contributed by atoms with Gasteiger partial charge in [0.05, 0.1) is 23.8 Å². The van der Waals surface area contributed by atoms with Crippen molar-refractivity contribution >= 4 is 17.1 Å². The lowest BCUT2D eigenvalue weighted by Gasteiger charge is -2.21. The average molecular weight is 354 g/mol. The summed E-state index contributed by atoms with van der Waals surface area (Å²) < 4.78 is 7.49. The maximum Gasteiger partial charge on any atom is 0.317 e. The molecule has 1 atom stereocenters. The van der Waals surface area contributed by atoms with E-state index in [2.05, 4.69) is 27.9 Å². The first-order chi connectivity index (χ1) is 12.6. The first-order valence-electron chi connectivity index (χ1n) is 9.06. The lowest BCUT2D eigenvalue weighted by atomic mass is 10.1. The Morgan fingerprint density at radius 3 is 2.85 bits per heavy atom. The van der Waals surface area contributed by atoms with Crippen molar-refractivity contribution < 1.29 is 9.21 Å². The van der Waals surface area contributed by atoms with Gasteiger partial charge in [-0.05, 0) is 44.5 Å². The standard InChI is InChI=1S/C20H26N4O2/c1-4-24-18-10-6-5-9-17(18)22-19(24)14-23(3)20(25)21-15(2)11-12-16-8-7-13-26-16/h5-10,13,15H,4,11-12,14H2,1-3H3,(H,21,25)/t15-/m1/s1. The van der Waals surface area contributed by atoms with Crippen LogP contribution >= 0.6 is 0 Å². The fourth-order valence-electron chi connectivity index (χ4n) is 3.09. The van der Waals surface area contributed by atoms with Crippen molar-refractivity contribution in [2.45, 2.75) is 45.8 Å². The highest BCUT2D eigenvalue weighted by atomic mass is 16.3. The van der Waals surface area contributed by atoms with Crippen molar-refractivity contribution in [3.05, 3.63) is 54.2 Å². The summed E-state index contributed by atoms with van der Waals surface area (Å²) in [6, 6.07) is 11.9. The second kappa shape index (κ2) is 8.08. The Morgan fingerprint density at radius 1 is 1.31 bits per heavy atom. The minimum Gasteiger partial charge on any atom is -0.469 e. The van der Waals surface area contributed by atoms with Gasteiger partial charge in [-0.3, -0.25) is 0 Å². The van der Waals surface area contributed by atoms with E-state index in [1.165, 1.54) is 0 Å². The smallest absolute Gasteiger partial charge is 0.317 e. The molecule has 0 spiro atoms. The Bertz CT molecular complexity index is 854. The molecule has 3 rings (SSSR count). The van der Waals surface area contributed by atoms with Gasteiger partial charge in [0.1, 0.15) is 11.6 Å². The number of aromatic nitrogens is 2. The Hall–Kier alpha value is -2.76. The lowest BCUT2D eigenvalue weighted by Crippen LogP contribution is -2.42. The van der Waals surface area contributed by atoms with Crippen molar-refractivity contribution in [2.75, 3.05) is 7.05 Å². The number of nitrogens with one attached hydrogen (secondary N) is 1. The van der Waals surface area contributed by atoms with Crippen molar-refractivity contribution in [1.29, 1.82) is 0 Å².